The predicted octanol–water partition coefficient (Wildman–Crippen LogP) is 0.0596. The Hall–Kier alpha value is -1.71. The van der Waals surface area contributed by atoms with Gasteiger partial charge in [-0.2, -0.15) is 14.0 Å². The number of nitrogens with zero attached hydrogens (tertiary/aromatic N) is 1. The minimum atomic E-state index is -3.68. The molecule has 7 heteroatoms. The van der Waals surface area contributed by atoms with Crippen molar-refractivity contribution in [3.05, 3.63) is 0 Å². The molecule has 3 N–H and O–H groups in total. The number of hydrogen-bond acceptors (Lipinski definition) is 3. The van der Waals surface area contributed by atoms with Crippen LogP contribution in [-0.4, -0.2) is 23.3 Å². The summed E-state index contributed by atoms with van der Waals surface area (Å²) in [7, 11) is 0. The molecule has 1 aliphatic rings. The van der Waals surface area contributed by atoms with Gasteiger partial charge in [0.2, 0.25) is 5.91 Å². The molecular formula is C9H11F2N3O2. The van der Waals surface area contributed by atoms with Gasteiger partial charge < -0.3 is 11.1 Å². The van der Waals surface area contributed by atoms with Gasteiger partial charge in [-0.15, -0.1) is 0 Å². The first-order chi connectivity index (χ1) is 7.31. The molecule has 1 rings (SSSR count). The number of rotatable bonds is 5. The van der Waals surface area contributed by atoms with E-state index in [0.29, 0.717) is 12.8 Å². The monoisotopic (exact) mass is 231 g/mol. The average molecular weight is 231 g/mol. The Balaban J connectivity index is 2.37. The largest absolute Gasteiger partial charge is 0.364 e. The molecule has 5 nitrogen and oxygen atoms in total. The number of carbonyl (C=O) groups is 2. The number of nitriles is 1. The van der Waals surface area contributed by atoms with Crippen LogP contribution in [0.1, 0.15) is 25.7 Å². The third-order valence-electron chi connectivity index (χ3n) is 2.37. The van der Waals surface area contributed by atoms with E-state index in [-0.39, 0.29) is 0 Å². The summed E-state index contributed by atoms with van der Waals surface area (Å²) in [6.45, 7) is 0. The van der Waals surface area contributed by atoms with Crippen LogP contribution in [0.5, 0.6) is 0 Å². The van der Waals surface area contributed by atoms with Gasteiger partial charge in [-0.05, 0) is 12.8 Å². The molecule has 0 radical (unpaired) electrons. The Labute approximate surface area is 90.6 Å². The maximum absolute atomic E-state index is 12.7. The highest BCUT2D eigenvalue weighted by atomic mass is 19.3. The molecule has 88 valence electrons. The van der Waals surface area contributed by atoms with Gasteiger partial charge >= 0.3 is 5.92 Å². The molecule has 0 aromatic heterocycles. The number of hydrogen-bond donors (Lipinski definition) is 2. The summed E-state index contributed by atoms with van der Waals surface area (Å²) in [6, 6.07) is 1.89. The van der Waals surface area contributed by atoms with Gasteiger partial charge in [-0.3, -0.25) is 9.59 Å². The number of carbonyl (C=O) groups excluding carboxylic acids is 2. The van der Waals surface area contributed by atoms with Crippen molar-refractivity contribution >= 4 is 11.8 Å². The summed E-state index contributed by atoms with van der Waals surface area (Å²) in [5.41, 5.74) is 3.57. The highest BCUT2D eigenvalue weighted by molar-refractivity contribution is 5.83. The van der Waals surface area contributed by atoms with E-state index in [1.54, 1.807) is 0 Å². The molecule has 1 aliphatic carbocycles. The summed E-state index contributed by atoms with van der Waals surface area (Å²) in [4.78, 5) is 21.5. The fourth-order valence-electron chi connectivity index (χ4n) is 1.11. The van der Waals surface area contributed by atoms with E-state index >= 15 is 0 Å². The van der Waals surface area contributed by atoms with Crippen LogP contribution < -0.4 is 11.1 Å². The third-order valence-corrected chi connectivity index (χ3v) is 2.37. The van der Waals surface area contributed by atoms with Crippen molar-refractivity contribution < 1.29 is 18.4 Å². The Morgan fingerprint density at radius 3 is 2.44 bits per heavy atom. The molecule has 0 saturated heterocycles. The maximum Gasteiger partial charge on any atom is 0.324 e. The van der Waals surface area contributed by atoms with Crippen molar-refractivity contribution in [1.82, 2.24) is 5.32 Å². The molecule has 16 heavy (non-hydrogen) atoms. The Morgan fingerprint density at radius 2 is 2.06 bits per heavy atom. The van der Waals surface area contributed by atoms with Crippen LogP contribution in [0.4, 0.5) is 8.78 Å². The Bertz CT molecular complexity index is 358. The Morgan fingerprint density at radius 1 is 1.50 bits per heavy atom. The lowest BCUT2D eigenvalue weighted by Gasteiger charge is -2.13. The van der Waals surface area contributed by atoms with E-state index in [4.69, 9.17) is 5.26 Å². The van der Waals surface area contributed by atoms with Crippen LogP contribution in [-0.2, 0) is 9.59 Å². The van der Waals surface area contributed by atoms with E-state index in [1.807, 2.05) is 6.07 Å². The van der Waals surface area contributed by atoms with E-state index in [1.165, 1.54) is 0 Å². The molecule has 0 unspecified atom stereocenters. The van der Waals surface area contributed by atoms with E-state index in [9.17, 15) is 18.4 Å². The van der Waals surface area contributed by atoms with Gasteiger partial charge in [0.15, 0.2) is 0 Å². The van der Waals surface area contributed by atoms with Gasteiger partial charge in [-0.1, -0.05) is 0 Å². The van der Waals surface area contributed by atoms with Crippen molar-refractivity contribution in [2.45, 2.75) is 37.1 Å². The van der Waals surface area contributed by atoms with E-state index < -0.39 is 36.1 Å². The first-order valence-corrected chi connectivity index (χ1v) is 4.71. The summed E-state index contributed by atoms with van der Waals surface area (Å²) in [5, 5.41) is 11.0. The smallest absolute Gasteiger partial charge is 0.324 e. The van der Waals surface area contributed by atoms with Crippen molar-refractivity contribution in [3.63, 3.8) is 0 Å². The Kier molecular flexibility index (Phi) is 3.12. The topological polar surface area (TPSA) is 96.0 Å². The molecule has 0 atom stereocenters. The molecule has 0 aromatic carbocycles. The zero-order chi connectivity index (χ0) is 12.4. The van der Waals surface area contributed by atoms with Gasteiger partial charge in [0.1, 0.15) is 5.54 Å². The second kappa shape index (κ2) is 4.04. The standard InChI is InChI=1S/C9H11F2N3O2/c10-9(11,7(13)16)2-1-6(15)14-8(5-12)3-4-8/h1-4H2,(H2,13,16)(H,14,15). The van der Waals surface area contributed by atoms with Crippen LogP contribution >= 0.6 is 0 Å². The van der Waals surface area contributed by atoms with Gasteiger partial charge in [0.25, 0.3) is 5.91 Å². The highest BCUT2D eigenvalue weighted by Gasteiger charge is 2.45. The van der Waals surface area contributed by atoms with Gasteiger partial charge in [-0.25, -0.2) is 0 Å². The first kappa shape index (κ1) is 12.4. The highest BCUT2D eigenvalue weighted by Crippen LogP contribution is 2.34. The number of nitrogens with one attached hydrogen (secondary N) is 1. The minimum absolute atomic E-state index is 0.528. The number of primary amides is 1. The second-order valence-electron chi connectivity index (χ2n) is 3.81. The summed E-state index contributed by atoms with van der Waals surface area (Å²) >= 11 is 0. The lowest BCUT2D eigenvalue weighted by Crippen LogP contribution is -2.39. The molecule has 0 spiro atoms. The van der Waals surface area contributed by atoms with Crippen molar-refractivity contribution in [2.75, 3.05) is 0 Å². The quantitative estimate of drug-likeness (QED) is 0.700. The normalized spacial score (nSPS) is 17.3. The number of nitrogens with two attached hydrogens (primary N) is 1. The molecule has 0 bridgehead atoms. The second-order valence-corrected chi connectivity index (χ2v) is 3.81. The molecule has 1 saturated carbocycles. The molecule has 2 amide bonds. The minimum Gasteiger partial charge on any atom is -0.364 e. The lowest BCUT2D eigenvalue weighted by molar-refractivity contribution is -0.143. The third kappa shape index (κ3) is 2.89. The number of alkyl halides is 2. The zero-order valence-corrected chi connectivity index (χ0v) is 8.43. The van der Waals surface area contributed by atoms with Crippen molar-refractivity contribution in [3.8, 4) is 6.07 Å². The predicted molar refractivity (Wildman–Crippen MR) is 49.1 cm³/mol. The van der Waals surface area contributed by atoms with E-state index in [0.717, 1.165) is 0 Å². The van der Waals surface area contributed by atoms with Crippen LogP contribution in [0.3, 0.4) is 0 Å². The first-order valence-electron chi connectivity index (χ1n) is 4.71. The fraction of sp³-hybridized carbons (Fsp3) is 0.667. The summed E-state index contributed by atoms with van der Waals surface area (Å²) in [6.07, 6.45) is -0.405. The SMILES string of the molecule is N#CC1(NC(=O)CCC(F)(F)C(N)=O)CC1. The van der Waals surface area contributed by atoms with Crippen LogP contribution in [0.2, 0.25) is 0 Å². The van der Waals surface area contributed by atoms with Gasteiger partial charge in [0.05, 0.1) is 6.07 Å². The number of amides is 2. The molecule has 0 aromatic rings. The molecule has 1 fully saturated rings. The molecule has 0 aliphatic heterocycles. The van der Waals surface area contributed by atoms with E-state index in [2.05, 4.69) is 11.1 Å². The molecular weight excluding hydrogens is 220 g/mol. The number of halogens is 2. The van der Waals surface area contributed by atoms with Gasteiger partial charge in [0, 0.05) is 12.8 Å². The average Bonchev–Trinajstić information content (AvgIpc) is 2.95. The molecule has 0 heterocycles. The summed E-state index contributed by atoms with van der Waals surface area (Å²) in [5.74, 6) is -6.09. The van der Waals surface area contributed by atoms with Crippen LogP contribution in [0.15, 0.2) is 0 Å². The summed E-state index contributed by atoms with van der Waals surface area (Å²) < 4.78 is 25.4. The van der Waals surface area contributed by atoms with Crippen LogP contribution in [0.25, 0.3) is 0 Å². The zero-order valence-electron chi connectivity index (χ0n) is 8.43. The fourth-order valence-corrected chi connectivity index (χ4v) is 1.11. The lowest BCUT2D eigenvalue weighted by atomic mass is 10.1. The maximum atomic E-state index is 12.7. The van der Waals surface area contributed by atoms with Crippen molar-refractivity contribution in [1.29, 1.82) is 5.26 Å². The van der Waals surface area contributed by atoms with Crippen molar-refractivity contribution in [2.24, 2.45) is 5.73 Å². The van der Waals surface area contributed by atoms with Crippen LogP contribution in [0, 0.1) is 11.3 Å².